The van der Waals surface area contributed by atoms with Gasteiger partial charge < -0.3 is 5.11 Å². The lowest BCUT2D eigenvalue weighted by Gasteiger charge is -2.18. The molecule has 2 aromatic carbocycles. The van der Waals surface area contributed by atoms with Crippen LogP contribution in [0.15, 0.2) is 64.3 Å². The van der Waals surface area contributed by atoms with Gasteiger partial charge in [-0.3, -0.25) is 13.9 Å². The third-order valence-corrected chi connectivity index (χ3v) is 5.59. The van der Waals surface area contributed by atoms with Gasteiger partial charge in [-0.1, -0.05) is 18.2 Å². The van der Waals surface area contributed by atoms with E-state index < -0.39 is 29.0 Å². The first kappa shape index (κ1) is 24.2. The lowest BCUT2D eigenvalue weighted by atomic mass is 10.1. The van der Waals surface area contributed by atoms with Gasteiger partial charge in [0.05, 0.1) is 41.0 Å². The molecule has 0 aliphatic carbocycles. The van der Waals surface area contributed by atoms with Crippen molar-refractivity contribution in [3.8, 4) is 22.6 Å². The van der Waals surface area contributed by atoms with Crippen molar-refractivity contribution in [2.45, 2.75) is 13.1 Å². The first-order valence-electron chi connectivity index (χ1n) is 10.3. The van der Waals surface area contributed by atoms with Crippen LogP contribution in [0.5, 0.6) is 0 Å². The second kappa shape index (κ2) is 8.70. The standard InChI is InChI=1S/C24H16F3N5O4/c1-13-19(20-18(22(34)35)12-29-32(20)16-9-7-15(28-2)8-10-16)21(33)30(3)23(36)31(13)17-6-4-5-14(11-17)24(25,26)27/h4-12H,1,3H3,(H,34,35). The minimum Gasteiger partial charge on any atom is -0.478 e. The molecule has 12 heteroatoms. The van der Waals surface area contributed by atoms with E-state index in [0.29, 0.717) is 15.9 Å². The number of alkyl halides is 3. The van der Waals surface area contributed by atoms with Crippen molar-refractivity contribution in [3.63, 3.8) is 0 Å². The van der Waals surface area contributed by atoms with Crippen LogP contribution < -0.4 is 11.2 Å². The molecule has 0 bridgehead atoms. The van der Waals surface area contributed by atoms with Crippen LogP contribution in [0, 0.1) is 13.5 Å². The van der Waals surface area contributed by atoms with Crippen LogP contribution in [0.2, 0.25) is 0 Å². The van der Waals surface area contributed by atoms with Crippen LogP contribution in [-0.2, 0) is 13.2 Å². The predicted molar refractivity (Wildman–Crippen MR) is 123 cm³/mol. The van der Waals surface area contributed by atoms with Crippen molar-refractivity contribution in [2.75, 3.05) is 0 Å². The highest BCUT2D eigenvalue weighted by atomic mass is 19.4. The average Bonchev–Trinajstić information content (AvgIpc) is 3.27. The Morgan fingerprint density at radius 1 is 1.08 bits per heavy atom. The van der Waals surface area contributed by atoms with E-state index in [9.17, 15) is 32.7 Å². The zero-order valence-corrected chi connectivity index (χ0v) is 18.7. The number of carboxylic acid groups (broad SMARTS) is 1. The molecule has 0 radical (unpaired) electrons. The third kappa shape index (κ3) is 3.96. The number of benzene rings is 2. The zero-order chi connectivity index (χ0) is 26.4. The molecule has 0 saturated heterocycles. The number of carboxylic acids is 1. The van der Waals surface area contributed by atoms with Gasteiger partial charge in [0.2, 0.25) is 0 Å². The van der Waals surface area contributed by atoms with Gasteiger partial charge in [-0.25, -0.2) is 19.1 Å². The average molecular weight is 495 g/mol. The van der Waals surface area contributed by atoms with Crippen LogP contribution in [0.4, 0.5) is 18.9 Å². The zero-order valence-electron chi connectivity index (χ0n) is 18.7. The van der Waals surface area contributed by atoms with Gasteiger partial charge in [-0.2, -0.15) is 18.3 Å². The summed E-state index contributed by atoms with van der Waals surface area (Å²) in [6, 6.07) is 9.96. The van der Waals surface area contributed by atoms with Crippen LogP contribution in [-0.4, -0.2) is 30.0 Å². The summed E-state index contributed by atoms with van der Waals surface area (Å²) in [4.78, 5) is 41.6. The van der Waals surface area contributed by atoms with E-state index in [4.69, 9.17) is 6.57 Å². The van der Waals surface area contributed by atoms with Crippen molar-refractivity contribution in [1.82, 2.24) is 18.9 Å². The molecular weight excluding hydrogens is 479 g/mol. The van der Waals surface area contributed by atoms with Crippen molar-refractivity contribution in [1.29, 1.82) is 0 Å². The Morgan fingerprint density at radius 3 is 2.33 bits per heavy atom. The first-order chi connectivity index (χ1) is 17.0. The number of halogens is 3. The summed E-state index contributed by atoms with van der Waals surface area (Å²) in [5.41, 5.74) is -3.14. The van der Waals surface area contributed by atoms with Crippen molar-refractivity contribution < 1.29 is 23.1 Å². The largest absolute Gasteiger partial charge is 0.478 e. The van der Waals surface area contributed by atoms with Gasteiger partial charge in [-0.15, -0.1) is 0 Å². The van der Waals surface area contributed by atoms with Gasteiger partial charge in [0, 0.05) is 12.7 Å². The minimum atomic E-state index is -4.68. The number of rotatable bonds is 4. The van der Waals surface area contributed by atoms with Gasteiger partial charge in [0.15, 0.2) is 5.69 Å². The van der Waals surface area contributed by atoms with E-state index in [0.717, 1.165) is 36.0 Å². The Morgan fingerprint density at radius 2 is 1.75 bits per heavy atom. The monoisotopic (exact) mass is 495 g/mol. The van der Waals surface area contributed by atoms with Crippen molar-refractivity contribution >= 4 is 11.7 Å². The maximum atomic E-state index is 13.3. The molecule has 0 saturated carbocycles. The molecule has 182 valence electrons. The number of hydrogen-bond donors (Lipinski definition) is 1. The quantitative estimate of drug-likeness (QED) is 0.432. The Hall–Kier alpha value is -4.92. The second-order valence-corrected chi connectivity index (χ2v) is 7.74. The summed E-state index contributed by atoms with van der Waals surface area (Å²) in [6.07, 6.45) is -3.65. The van der Waals surface area contributed by atoms with E-state index >= 15 is 0 Å². The maximum absolute atomic E-state index is 13.3. The van der Waals surface area contributed by atoms with Gasteiger partial charge in [0.1, 0.15) is 5.56 Å². The fraction of sp³-hybridized carbons (Fsp3) is 0.125. The van der Waals surface area contributed by atoms with Crippen molar-refractivity contribution in [2.24, 2.45) is 7.05 Å². The van der Waals surface area contributed by atoms with Crippen LogP contribution >= 0.6 is 0 Å². The first-order valence-corrected chi connectivity index (χ1v) is 10.3. The summed E-state index contributed by atoms with van der Waals surface area (Å²) in [6.45, 7) is 8.43. The van der Waals surface area contributed by atoms with Gasteiger partial charge in [0.25, 0.3) is 5.56 Å². The molecule has 36 heavy (non-hydrogen) atoms. The summed E-state index contributed by atoms with van der Waals surface area (Å²) in [5.74, 6) is -1.41. The van der Waals surface area contributed by atoms with Crippen molar-refractivity contribution in [3.05, 3.63) is 104 Å². The van der Waals surface area contributed by atoms with Crippen LogP contribution in [0.3, 0.4) is 0 Å². The highest BCUT2D eigenvalue weighted by Gasteiger charge is 2.31. The molecule has 0 spiro atoms. The minimum absolute atomic E-state index is 0.0792. The Bertz CT molecular complexity index is 1670. The molecule has 4 aromatic rings. The number of carbonyl (C=O) groups is 1. The fourth-order valence-corrected chi connectivity index (χ4v) is 3.82. The third-order valence-electron chi connectivity index (χ3n) is 5.59. The summed E-state index contributed by atoms with van der Waals surface area (Å²) in [5, 5.41) is 13.9. The number of nitrogens with zero attached hydrogens (tertiary/aromatic N) is 5. The van der Waals surface area contributed by atoms with Gasteiger partial charge >= 0.3 is 17.8 Å². The van der Waals surface area contributed by atoms with Crippen LogP contribution in [0.1, 0.15) is 21.6 Å². The van der Waals surface area contributed by atoms with Gasteiger partial charge in [-0.05, 0) is 37.3 Å². The molecule has 0 aliphatic rings. The molecule has 0 fully saturated rings. The molecule has 9 nitrogen and oxygen atoms in total. The summed E-state index contributed by atoms with van der Waals surface area (Å²) >= 11 is 0. The summed E-state index contributed by atoms with van der Waals surface area (Å²) in [7, 11) is 1.14. The lowest BCUT2D eigenvalue weighted by Crippen LogP contribution is -2.40. The molecule has 0 aliphatic heterocycles. The molecule has 0 amide bonds. The second-order valence-electron chi connectivity index (χ2n) is 7.74. The Balaban J connectivity index is 2.08. The molecule has 2 heterocycles. The molecule has 0 atom stereocenters. The normalized spacial score (nSPS) is 11.3. The number of aromatic carboxylic acids is 1. The molecular formula is C24H16F3N5O4. The Labute approximate surface area is 200 Å². The number of aromatic nitrogens is 4. The highest BCUT2D eigenvalue weighted by molar-refractivity contribution is 5.95. The maximum Gasteiger partial charge on any atom is 0.416 e. The SMILES string of the molecule is [C-]#[N+]c1ccc(-n2ncc(C(=O)O)c2-c2c(C)n(-c3cccc(C(F)(F)F)c3)c(=O)n(C)c2=O)cc1. The Kier molecular flexibility index (Phi) is 5.85. The number of hydrogen-bond acceptors (Lipinski definition) is 4. The van der Waals surface area contributed by atoms with E-state index in [1.54, 1.807) is 0 Å². The smallest absolute Gasteiger partial charge is 0.416 e. The van der Waals surface area contributed by atoms with Crippen LogP contribution in [0.25, 0.3) is 27.5 Å². The molecule has 1 N–H and O–H groups in total. The fourth-order valence-electron chi connectivity index (χ4n) is 3.82. The lowest BCUT2D eigenvalue weighted by molar-refractivity contribution is -0.137. The molecule has 2 aromatic heterocycles. The topological polar surface area (TPSA) is 103 Å². The molecule has 4 rings (SSSR count). The van der Waals surface area contributed by atoms with E-state index in [2.05, 4.69) is 9.94 Å². The highest BCUT2D eigenvalue weighted by Crippen LogP contribution is 2.32. The van der Waals surface area contributed by atoms with E-state index in [-0.39, 0.29) is 28.2 Å². The summed E-state index contributed by atoms with van der Waals surface area (Å²) < 4.78 is 42.8. The van der Waals surface area contributed by atoms with E-state index in [1.807, 2.05) is 0 Å². The molecule has 0 unspecified atom stereocenters. The van der Waals surface area contributed by atoms with E-state index in [1.165, 1.54) is 41.9 Å². The predicted octanol–water partition coefficient (Wildman–Crippen LogP) is 3.97.